The SMILES string of the molecule is CC1(F)C=CC=C(C[C@@H]2CN(Cc3ccccc3)CCN2C(=O)c2cc(C(F)(F)F)cc(C(F)(F)F)c2)C1. The highest BCUT2D eigenvalue weighted by atomic mass is 19.4. The van der Waals surface area contributed by atoms with E-state index in [2.05, 4.69) is 4.90 Å². The Morgan fingerprint density at radius 2 is 1.61 bits per heavy atom. The van der Waals surface area contributed by atoms with Crippen molar-refractivity contribution in [3.63, 3.8) is 0 Å². The molecule has 0 saturated carbocycles. The molecule has 2 aromatic carbocycles. The van der Waals surface area contributed by atoms with Crippen molar-refractivity contribution in [2.24, 2.45) is 0 Å². The maximum absolute atomic E-state index is 14.6. The molecule has 2 atom stereocenters. The lowest BCUT2D eigenvalue weighted by molar-refractivity contribution is -0.143. The van der Waals surface area contributed by atoms with E-state index in [1.54, 1.807) is 12.2 Å². The Hall–Kier alpha value is -3.14. The maximum Gasteiger partial charge on any atom is 0.416 e. The van der Waals surface area contributed by atoms with Crippen LogP contribution in [0.3, 0.4) is 0 Å². The van der Waals surface area contributed by atoms with Gasteiger partial charge in [-0.3, -0.25) is 9.69 Å². The molecule has 3 nitrogen and oxygen atoms in total. The number of piperazine rings is 1. The fourth-order valence-electron chi connectivity index (χ4n) is 4.98. The Balaban J connectivity index is 1.64. The Kier molecular flexibility index (Phi) is 7.74. The van der Waals surface area contributed by atoms with Gasteiger partial charge in [0, 0.05) is 44.2 Å². The van der Waals surface area contributed by atoms with Gasteiger partial charge in [0.15, 0.2) is 0 Å². The molecule has 0 N–H and O–H groups in total. The minimum absolute atomic E-state index is 0.00726. The van der Waals surface area contributed by atoms with Crippen LogP contribution in [0.2, 0.25) is 0 Å². The van der Waals surface area contributed by atoms with Gasteiger partial charge in [-0.1, -0.05) is 48.1 Å². The second-order valence-corrected chi connectivity index (χ2v) is 10.0. The Morgan fingerprint density at radius 1 is 0.974 bits per heavy atom. The highest BCUT2D eigenvalue weighted by Crippen LogP contribution is 2.37. The van der Waals surface area contributed by atoms with E-state index >= 15 is 0 Å². The third kappa shape index (κ3) is 6.83. The lowest BCUT2D eigenvalue weighted by atomic mass is 9.88. The van der Waals surface area contributed by atoms with Gasteiger partial charge in [-0.05, 0) is 43.2 Å². The van der Waals surface area contributed by atoms with Crippen LogP contribution >= 0.6 is 0 Å². The van der Waals surface area contributed by atoms with E-state index in [9.17, 15) is 35.5 Å². The molecular formula is C28H27F7N2O. The average Bonchev–Trinajstić information content (AvgIpc) is 2.82. The van der Waals surface area contributed by atoms with E-state index in [4.69, 9.17) is 0 Å². The lowest BCUT2D eigenvalue weighted by Crippen LogP contribution is -2.55. The van der Waals surface area contributed by atoms with Gasteiger partial charge in [-0.15, -0.1) is 0 Å². The van der Waals surface area contributed by atoms with Gasteiger partial charge in [0.1, 0.15) is 5.67 Å². The molecule has 0 bridgehead atoms. The van der Waals surface area contributed by atoms with Crippen LogP contribution in [0.5, 0.6) is 0 Å². The first kappa shape index (κ1) is 27.9. The molecule has 10 heteroatoms. The highest BCUT2D eigenvalue weighted by molar-refractivity contribution is 5.95. The number of nitrogens with zero attached hydrogens (tertiary/aromatic N) is 2. The summed E-state index contributed by atoms with van der Waals surface area (Å²) >= 11 is 0. The number of amides is 1. The summed E-state index contributed by atoms with van der Waals surface area (Å²) in [6.07, 6.45) is -5.05. The van der Waals surface area contributed by atoms with Crippen molar-refractivity contribution < 1.29 is 35.5 Å². The molecule has 2 aromatic rings. The summed E-state index contributed by atoms with van der Waals surface area (Å²) in [4.78, 5) is 16.9. The summed E-state index contributed by atoms with van der Waals surface area (Å²) in [5.41, 5.74) is -3.61. The fourth-order valence-corrected chi connectivity index (χ4v) is 4.98. The number of alkyl halides is 7. The van der Waals surface area contributed by atoms with E-state index in [0.29, 0.717) is 37.3 Å². The zero-order chi connectivity index (χ0) is 27.7. The molecule has 1 saturated heterocycles. The monoisotopic (exact) mass is 540 g/mol. The van der Waals surface area contributed by atoms with Gasteiger partial charge in [0.2, 0.25) is 0 Å². The van der Waals surface area contributed by atoms with Gasteiger partial charge in [-0.2, -0.15) is 26.3 Å². The number of halogens is 7. The Labute approximate surface area is 216 Å². The zero-order valence-electron chi connectivity index (χ0n) is 20.6. The number of allylic oxidation sites excluding steroid dienone is 3. The van der Waals surface area contributed by atoms with Crippen molar-refractivity contribution in [1.29, 1.82) is 0 Å². The summed E-state index contributed by atoms with van der Waals surface area (Å²) in [6, 6.07) is 9.90. The standard InChI is InChI=1S/C28H27F7N2O/c1-26(29)9-5-8-20(16-26)12-24-18-36(17-19-6-3-2-4-7-19)10-11-37(24)25(38)21-13-22(27(30,31)32)15-23(14-21)28(33,34)35/h2-9,13-15,24H,10-12,16-18H2,1H3/t24-,26?/m1/s1. The van der Waals surface area contributed by atoms with Gasteiger partial charge >= 0.3 is 12.4 Å². The van der Waals surface area contributed by atoms with E-state index in [-0.39, 0.29) is 25.5 Å². The smallest absolute Gasteiger partial charge is 0.333 e. The van der Waals surface area contributed by atoms with E-state index in [1.807, 2.05) is 30.3 Å². The topological polar surface area (TPSA) is 23.6 Å². The molecule has 1 fully saturated rings. The largest absolute Gasteiger partial charge is 0.416 e. The highest BCUT2D eigenvalue weighted by Gasteiger charge is 2.39. The molecule has 1 aliphatic heterocycles. The third-order valence-electron chi connectivity index (χ3n) is 6.76. The number of benzene rings is 2. The molecule has 1 amide bonds. The van der Waals surface area contributed by atoms with Gasteiger partial charge in [-0.25, -0.2) is 4.39 Å². The number of rotatable bonds is 5. The number of hydrogen-bond donors (Lipinski definition) is 0. The lowest BCUT2D eigenvalue weighted by Gasteiger charge is -2.42. The number of carbonyl (C=O) groups is 1. The molecule has 2 aliphatic rings. The van der Waals surface area contributed by atoms with Crippen LogP contribution in [-0.2, 0) is 18.9 Å². The molecule has 0 aromatic heterocycles. The zero-order valence-corrected chi connectivity index (χ0v) is 20.6. The second-order valence-electron chi connectivity index (χ2n) is 10.0. The summed E-state index contributed by atoms with van der Waals surface area (Å²) in [5, 5.41) is 0. The summed E-state index contributed by atoms with van der Waals surface area (Å²) in [6.45, 7) is 2.78. The predicted octanol–water partition coefficient (Wildman–Crippen LogP) is 7.06. The molecule has 1 unspecified atom stereocenters. The summed E-state index contributed by atoms with van der Waals surface area (Å²) in [7, 11) is 0. The van der Waals surface area contributed by atoms with Gasteiger partial charge < -0.3 is 4.90 Å². The molecule has 0 radical (unpaired) electrons. The van der Waals surface area contributed by atoms with Crippen molar-refractivity contribution in [3.05, 3.63) is 94.6 Å². The molecule has 204 valence electrons. The van der Waals surface area contributed by atoms with Crippen LogP contribution in [0, 0.1) is 0 Å². The first-order valence-corrected chi connectivity index (χ1v) is 12.1. The Morgan fingerprint density at radius 3 is 2.18 bits per heavy atom. The van der Waals surface area contributed by atoms with E-state index < -0.39 is 46.7 Å². The van der Waals surface area contributed by atoms with E-state index in [1.165, 1.54) is 17.9 Å². The van der Waals surface area contributed by atoms with Crippen LogP contribution < -0.4 is 0 Å². The second kappa shape index (κ2) is 10.6. The maximum atomic E-state index is 14.6. The molecule has 0 spiro atoms. The van der Waals surface area contributed by atoms with Crippen LogP contribution in [0.25, 0.3) is 0 Å². The molecular weight excluding hydrogens is 513 g/mol. The van der Waals surface area contributed by atoms with Crippen LogP contribution in [0.1, 0.15) is 46.8 Å². The molecule has 38 heavy (non-hydrogen) atoms. The Bertz CT molecular complexity index is 1180. The fraction of sp³-hybridized carbons (Fsp3) is 0.393. The molecule has 1 heterocycles. The quantitative estimate of drug-likeness (QED) is 0.380. The van der Waals surface area contributed by atoms with Crippen LogP contribution in [0.15, 0.2) is 72.3 Å². The van der Waals surface area contributed by atoms with Crippen molar-refractivity contribution in [1.82, 2.24) is 9.80 Å². The van der Waals surface area contributed by atoms with Crippen molar-refractivity contribution in [3.8, 4) is 0 Å². The number of carbonyl (C=O) groups excluding carboxylic acids is 1. The average molecular weight is 541 g/mol. The van der Waals surface area contributed by atoms with Gasteiger partial charge in [0.05, 0.1) is 11.1 Å². The minimum Gasteiger partial charge on any atom is -0.333 e. The minimum atomic E-state index is -5.06. The molecule has 4 rings (SSSR count). The van der Waals surface area contributed by atoms with Crippen LogP contribution in [0.4, 0.5) is 30.7 Å². The van der Waals surface area contributed by atoms with Crippen LogP contribution in [-0.4, -0.2) is 47.1 Å². The predicted molar refractivity (Wildman–Crippen MR) is 129 cm³/mol. The molecule has 1 aliphatic carbocycles. The first-order valence-electron chi connectivity index (χ1n) is 12.1. The third-order valence-corrected chi connectivity index (χ3v) is 6.76. The van der Waals surface area contributed by atoms with E-state index in [0.717, 1.165) is 5.56 Å². The van der Waals surface area contributed by atoms with Crippen molar-refractivity contribution in [2.75, 3.05) is 19.6 Å². The normalized spacial score (nSPS) is 22.9. The summed E-state index contributed by atoms with van der Waals surface area (Å²) < 4.78 is 95.1. The van der Waals surface area contributed by atoms with Gasteiger partial charge in [0.25, 0.3) is 5.91 Å². The number of hydrogen-bond acceptors (Lipinski definition) is 2. The van der Waals surface area contributed by atoms with Crippen molar-refractivity contribution in [2.45, 2.75) is 50.4 Å². The summed E-state index contributed by atoms with van der Waals surface area (Å²) in [5.74, 6) is -0.916. The van der Waals surface area contributed by atoms with Crippen molar-refractivity contribution >= 4 is 5.91 Å². The first-order chi connectivity index (χ1) is 17.7.